The standard InChI is InChI=1S/C26H31N3O6/c1-26(2,3)35-25(33)29-21(14-17-15-27-20-8-6-5-7-19(17)20)23(31)28-22(24(32)34-4)13-16-9-11-18(30)12-10-16/h5-12,15,21-22,27,30H,13-14H2,1-4H3,(H,28,31)(H,29,33)/t21-,22-/m0/s1. The van der Waals surface area contributed by atoms with Gasteiger partial charge in [-0.15, -0.1) is 0 Å². The van der Waals surface area contributed by atoms with Crippen molar-refractivity contribution in [3.63, 3.8) is 0 Å². The van der Waals surface area contributed by atoms with E-state index in [1.165, 1.54) is 19.2 Å². The van der Waals surface area contributed by atoms with Gasteiger partial charge in [0.05, 0.1) is 7.11 Å². The summed E-state index contributed by atoms with van der Waals surface area (Å²) in [6.45, 7) is 5.19. The van der Waals surface area contributed by atoms with Crippen LogP contribution in [0.15, 0.2) is 54.7 Å². The molecule has 0 saturated heterocycles. The zero-order chi connectivity index (χ0) is 25.6. The number of fused-ring (bicyclic) bond motifs is 1. The van der Waals surface area contributed by atoms with Crippen molar-refractivity contribution in [2.45, 2.75) is 51.3 Å². The molecule has 0 aliphatic carbocycles. The second-order valence-corrected chi connectivity index (χ2v) is 9.22. The van der Waals surface area contributed by atoms with Gasteiger partial charge in [-0.25, -0.2) is 9.59 Å². The summed E-state index contributed by atoms with van der Waals surface area (Å²) >= 11 is 0. The van der Waals surface area contributed by atoms with Crippen LogP contribution in [0.4, 0.5) is 4.79 Å². The van der Waals surface area contributed by atoms with E-state index in [1.807, 2.05) is 24.3 Å². The van der Waals surface area contributed by atoms with Crippen molar-refractivity contribution in [3.05, 3.63) is 65.9 Å². The van der Waals surface area contributed by atoms with Crippen molar-refractivity contribution in [1.82, 2.24) is 15.6 Å². The Morgan fingerprint density at radius 1 is 0.971 bits per heavy atom. The predicted molar refractivity (Wildman–Crippen MR) is 131 cm³/mol. The maximum absolute atomic E-state index is 13.3. The lowest BCUT2D eigenvalue weighted by atomic mass is 10.0. The zero-order valence-corrected chi connectivity index (χ0v) is 20.3. The first-order valence-corrected chi connectivity index (χ1v) is 11.3. The number of methoxy groups -OCH3 is 1. The zero-order valence-electron chi connectivity index (χ0n) is 20.3. The number of rotatable bonds is 8. The lowest BCUT2D eigenvalue weighted by Crippen LogP contribution is -2.53. The maximum atomic E-state index is 13.3. The summed E-state index contributed by atoms with van der Waals surface area (Å²) in [5.74, 6) is -1.10. The van der Waals surface area contributed by atoms with Crippen molar-refractivity contribution in [3.8, 4) is 5.75 Å². The van der Waals surface area contributed by atoms with Crippen LogP contribution < -0.4 is 10.6 Å². The highest BCUT2D eigenvalue weighted by molar-refractivity contribution is 5.91. The van der Waals surface area contributed by atoms with Gasteiger partial charge in [0.2, 0.25) is 5.91 Å². The lowest BCUT2D eigenvalue weighted by Gasteiger charge is -2.25. The van der Waals surface area contributed by atoms with Gasteiger partial charge >= 0.3 is 12.1 Å². The predicted octanol–water partition coefficient (Wildman–Crippen LogP) is 3.21. The molecule has 0 spiro atoms. The highest BCUT2D eigenvalue weighted by atomic mass is 16.6. The minimum absolute atomic E-state index is 0.0905. The van der Waals surface area contributed by atoms with E-state index in [-0.39, 0.29) is 18.6 Å². The average Bonchev–Trinajstić information content (AvgIpc) is 3.20. The van der Waals surface area contributed by atoms with Crippen molar-refractivity contribution in [1.29, 1.82) is 0 Å². The van der Waals surface area contributed by atoms with Gasteiger partial charge < -0.3 is 30.2 Å². The first kappa shape index (κ1) is 25.6. The fraction of sp³-hybridized carbons (Fsp3) is 0.346. The molecule has 2 aromatic carbocycles. The van der Waals surface area contributed by atoms with Gasteiger partial charge in [0.1, 0.15) is 23.4 Å². The number of benzene rings is 2. The van der Waals surface area contributed by atoms with E-state index in [0.29, 0.717) is 5.56 Å². The molecule has 3 rings (SSSR count). The molecule has 4 N–H and O–H groups in total. The Bertz CT molecular complexity index is 1180. The number of esters is 1. The Morgan fingerprint density at radius 3 is 2.31 bits per heavy atom. The number of hydrogen-bond acceptors (Lipinski definition) is 6. The Morgan fingerprint density at radius 2 is 1.66 bits per heavy atom. The van der Waals surface area contributed by atoms with Gasteiger partial charge in [-0.3, -0.25) is 4.79 Å². The Hall–Kier alpha value is -4.01. The first-order valence-electron chi connectivity index (χ1n) is 11.3. The summed E-state index contributed by atoms with van der Waals surface area (Å²) in [6, 6.07) is 11.9. The van der Waals surface area contributed by atoms with Gasteiger partial charge in [-0.2, -0.15) is 0 Å². The highest BCUT2D eigenvalue weighted by Gasteiger charge is 2.30. The lowest BCUT2D eigenvalue weighted by molar-refractivity contribution is -0.145. The normalized spacial score (nSPS) is 13.0. The van der Waals surface area contributed by atoms with Crippen LogP contribution in [0.5, 0.6) is 5.75 Å². The molecule has 3 aromatic rings. The number of ether oxygens (including phenoxy) is 2. The number of aromatic amines is 1. The monoisotopic (exact) mass is 481 g/mol. The number of para-hydroxylation sites is 1. The third kappa shape index (κ3) is 7.23. The number of aromatic nitrogens is 1. The van der Waals surface area contributed by atoms with E-state index in [4.69, 9.17) is 9.47 Å². The first-order chi connectivity index (χ1) is 16.6. The summed E-state index contributed by atoms with van der Waals surface area (Å²) in [6.07, 6.45) is 1.36. The van der Waals surface area contributed by atoms with Crippen LogP contribution >= 0.6 is 0 Å². The summed E-state index contributed by atoms with van der Waals surface area (Å²) < 4.78 is 10.2. The average molecular weight is 482 g/mol. The Balaban J connectivity index is 1.83. The number of alkyl carbamates (subject to hydrolysis) is 1. The highest BCUT2D eigenvalue weighted by Crippen LogP contribution is 2.20. The van der Waals surface area contributed by atoms with Gasteiger partial charge in [0.15, 0.2) is 0 Å². The molecule has 1 aromatic heterocycles. The quantitative estimate of drug-likeness (QED) is 0.366. The second kappa shape index (κ2) is 10.9. The number of nitrogens with one attached hydrogen (secondary N) is 3. The topological polar surface area (TPSA) is 130 Å². The van der Waals surface area contributed by atoms with E-state index >= 15 is 0 Å². The smallest absolute Gasteiger partial charge is 0.408 e. The van der Waals surface area contributed by atoms with Gasteiger partial charge in [0.25, 0.3) is 0 Å². The van der Waals surface area contributed by atoms with Crippen molar-refractivity contribution in [2.75, 3.05) is 7.11 Å². The van der Waals surface area contributed by atoms with Gasteiger partial charge in [0, 0.05) is 29.9 Å². The molecule has 0 fully saturated rings. The summed E-state index contributed by atoms with van der Waals surface area (Å²) in [7, 11) is 1.24. The summed E-state index contributed by atoms with van der Waals surface area (Å²) in [5, 5.41) is 15.8. The largest absolute Gasteiger partial charge is 0.508 e. The number of amides is 2. The summed E-state index contributed by atoms with van der Waals surface area (Å²) in [4.78, 5) is 41.5. The van der Waals surface area contributed by atoms with E-state index < -0.39 is 35.7 Å². The molecule has 2 amide bonds. The number of aromatic hydroxyl groups is 1. The molecule has 0 unspecified atom stereocenters. The maximum Gasteiger partial charge on any atom is 0.408 e. The Labute approximate surface area is 203 Å². The molecule has 9 nitrogen and oxygen atoms in total. The number of phenols is 1. The van der Waals surface area contributed by atoms with Crippen LogP contribution in [-0.4, -0.2) is 52.9 Å². The van der Waals surface area contributed by atoms with Crippen LogP contribution in [0.2, 0.25) is 0 Å². The second-order valence-electron chi connectivity index (χ2n) is 9.22. The van der Waals surface area contributed by atoms with Crippen molar-refractivity contribution in [2.24, 2.45) is 0 Å². The van der Waals surface area contributed by atoms with E-state index in [9.17, 15) is 19.5 Å². The molecule has 0 aliphatic rings. The molecular formula is C26H31N3O6. The van der Waals surface area contributed by atoms with Crippen LogP contribution in [-0.2, 0) is 31.9 Å². The number of carbonyl (C=O) groups is 3. The molecule has 1 heterocycles. The van der Waals surface area contributed by atoms with Crippen LogP contribution in [0, 0.1) is 0 Å². The SMILES string of the molecule is COC(=O)[C@H](Cc1ccc(O)cc1)NC(=O)[C@H](Cc1c[nH]c2ccccc12)NC(=O)OC(C)(C)C. The number of H-pyrrole nitrogens is 1. The molecule has 9 heteroatoms. The molecule has 0 aliphatic heterocycles. The van der Waals surface area contributed by atoms with E-state index in [2.05, 4.69) is 15.6 Å². The third-order valence-corrected chi connectivity index (χ3v) is 5.28. The molecule has 0 bridgehead atoms. The van der Waals surface area contributed by atoms with Crippen LogP contribution in [0.1, 0.15) is 31.9 Å². The Kier molecular flexibility index (Phi) is 8.01. The van der Waals surface area contributed by atoms with Crippen molar-refractivity contribution >= 4 is 28.9 Å². The third-order valence-electron chi connectivity index (χ3n) is 5.28. The van der Waals surface area contributed by atoms with Gasteiger partial charge in [-0.1, -0.05) is 30.3 Å². The summed E-state index contributed by atoms with van der Waals surface area (Å²) in [5.41, 5.74) is 1.69. The molecular weight excluding hydrogens is 450 g/mol. The number of hydrogen-bond donors (Lipinski definition) is 4. The molecule has 0 saturated carbocycles. The van der Waals surface area contributed by atoms with Gasteiger partial charge in [-0.05, 0) is 50.1 Å². The van der Waals surface area contributed by atoms with Crippen LogP contribution in [0.25, 0.3) is 10.9 Å². The number of phenolic OH excluding ortho intramolecular Hbond substituents is 1. The minimum atomic E-state index is -1.02. The van der Waals surface area contributed by atoms with E-state index in [1.54, 1.807) is 39.1 Å². The molecule has 35 heavy (non-hydrogen) atoms. The molecule has 2 atom stereocenters. The fourth-order valence-electron chi connectivity index (χ4n) is 3.66. The van der Waals surface area contributed by atoms with E-state index in [0.717, 1.165) is 16.5 Å². The molecule has 0 radical (unpaired) electrons. The van der Waals surface area contributed by atoms with Crippen LogP contribution in [0.3, 0.4) is 0 Å². The molecule has 186 valence electrons. The number of carbonyl (C=O) groups excluding carboxylic acids is 3. The fourth-order valence-corrected chi connectivity index (χ4v) is 3.66. The minimum Gasteiger partial charge on any atom is -0.508 e. The van der Waals surface area contributed by atoms with Crippen molar-refractivity contribution < 1.29 is 29.0 Å².